The maximum atomic E-state index is 3.59. The number of hydrogen-bond acceptors (Lipinski definition) is 2. The molecule has 0 aliphatic rings. The molecule has 0 heterocycles. The van der Waals surface area contributed by atoms with Crippen molar-refractivity contribution in [3.63, 3.8) is 0 Å². The number of benzene rings is 1. The maximum absolute atomic E-state index is 3.59. The minimum Gasteiger partial charge on any atom is -0.315 e. The summed E-state index contributed by atoms with van der Waals surface area (Å²) in [5, 5.41) is 6.96. The van der Waals surface area contributed by atoms with E-state index in [4.69, 9.17) is 0 Å². The molecule has 1 unspecified atom stereocenters. The van der Waals surface area contributed by atoms with E-state index in [-0.39, 0.29) is 5.41 Å². The van der Waals surface area contributed by atoms with Crippen LogP contribution < -0.4 is 10.6 Å². The van der Waals surface area contributed by atoms with Crippen molar-refractivity contribution in [1.82, 2.24) is 10.6 Å². The Morgan fingerprint density at radius 3 is 2.41 bits per heavy atom. The van der Waals surface area contributed by atoms with Crippen LogP contribution >= 0.6 is 0 Å². The second-order valence-corrected chi connectivity index (χ2v) is 5.34. The minimum atomic E-state index is 0.182. The van der Waals surface area contributed by atoms with Crippen molar-refractivity contribution in [1.29, 1.82) is 0 Å². The molecule has 0 bridgehead atoms. The van der Waals surface area contributed by atoms with E-state index in [2.05, 4.69) is 68.7 Å². The SMILES string of the molecule is CCNCC(C)NCC(C)(C)c1ccccc1. The largest absolute Gasteiger partial charge is 0.315 e. The van der Waals surface area contributed by atoms with E-state index in [1.54, 1.807) is 0 Å². The summed E-state index contributed by atoms with van der Waals surface area (Å²) in [6.07, 6.45) is 0. The summed E-state index contributed by atoms with van der Waals surface area (Å²) in [5.74, 6) is 0. The quantitative estimate of drug-likeness (QED) is 0.757. The molecule has 1 aromatic rings. The van der Waals surface area contributed by atoms with Gasteiger partial charge in [-0.1, -0.05) is 51.1 Å². The Morgan fingerprint density at radius 2 is 1.82 bits per heavy atom. The first-order chi connectivity index (χ1) is 8.06. The van der Waals surface area contributed by atoms with Gasteiger partial charge in [-0.25, -0.2) is 0 Å². The van der Waals surface area contributed by atoms with Gasteiger partial charge in [-0.15, -0.1) is 0 Å². The zero-order valence-corrected chi connectivity index (χ0v) is 11.6. The lowest BCUT2D eigenvalue weighted by molar-refractivity contribution is 0.419. The lowest BCUT2D eigenvalue weighted by atomic mass is 9.84. The molecular weight excluding hydrogens is 208 g/mol. The van der Waals surface area contributed by atoms with E-state index in [0.29, 0.717) is 6.04 Å². The van der Waals surface area contributed by atoms with Crippen LogP contribution in [0.25, 0.3) is 0 Å². The van der Waals surface area contributed by atoms with Crippen LogP contribution in [0.3, 0.4) is 0 Å². The number of nitrogens with one attached hydrogen (secondary N) is 2. The van der Waals surface area contributed by atoms with Crippen LogP contribution in [0.5, 0.6) is 0 Å². The molecule has 0 spiro atoms. The highest BCUT2D eigenvalue weighted by atomic mass is 15.0. The molecule has 17 heavy (non-hydrogen) atoms. The Balaban J connectivity index is 2.45. The van der Waals surface area contributed by atoms with Gasteiger partial charge < -0.3 is 10.6 Å². The van der Waals surface area contributed by atoms with Crippen LogP contribution in [-0.4, -0.2) is 25.7 Å². The molecule has 1 aromatic carbocycles. The van der Waals surface area contributed by atoms with Gasteiger partial charge in [0.2, 0.25) is 0 Å². The highest BCUT2D eigenvalue weighted by Crippen LogP contribution is 2.21. The normalized spacial score (nSPS) is 13.6. The monoisotopic (exact) mass is 234 g/mol. The van der Waals surface area contributed by atoms with E-state index in [0.717, 1.165) is 19.6 Å². The van der Waals surface area contributed by atoms with Gasteiger partial charge in [0.05, 0.1) is 0 Å². The third-order valence-corrected chi connectivity index (χ3v) is 3.15. The number of likely N-dealkylation sites (N-methyl/N-ethyl adjacent to an activating group) is 1. The Morgan fingerprint density at radius 1 is 1.18 bits per heavy atom. The molecule has 0 radical (unpaired) electrons. The van der Waals surface area contributed by atoms with E-state index in [1.165, 1.54) is 5.56 Å². The summed E-state index contributed by atoms with van der Waals surface area (Å²) < 4.78 is 0. The van der Waals surface area contributed by atoms with Crippen molar-refractivity contribution in [3.8, 4) is 0 Å². The fourth-order valence-electron chi connectivity index (χ4n) is 1.85. The first kappa shape index (κ1) is 14.2. The van der Waals surface area contributed by atoms with Gasteiger partial charge in [-0.2, -0.15) is 0 Å². The van der Waals surface area contributed by atoms with Gasteiger partial charge in [0.15, 0.2) is 0 Å². The van der Waals surface area contributed by atoms with Gasteiger partial charge in [0.25, 0.3) is 0 Å². The molecule has 1 rings (SSSR count). The molecule has 0 aliphatic heterocycles. The summed E-state index contributed by atoms with van der Waals surface area (Å²) >= 11 is 0. The molecule has 0 saturated carbocycles. The Bertz CT molecular complexity index is 306. The topological polar surface area (TPSA) is 24.1 Å². The lowest BCUT2D eigenvalue weighted by Crippen LogP contribution is -2.42. The molecule has 2 heteroatoms. The minimum absolute atomic E-state index is 0.182. The first-order valence-corrected chi connectivity index (χ1v) is 6.56. The van der Waals surface area contributed by atoms with Crippen molar-refractivity contribution in [2.24, 2.45) is 0 Å². The average molecular weight is 234 g/mol. The van der Waals surface area contributed by atoms with E-state index >= 15 is 0 Å². The highest BCUT2D eigenvalue weighted by Gasteiger charge is 2.20. The summed E-state index contributed by atoms with van der Waals surface area (Å²) in [5.41, 5.74) is 1.57. The maximum Gasteiger partial charge on any atom is 0.0164 e. The molecule has 0 aliphatic carbocycles. The van der Waals surface area contributed by atoms with Crippen LogP contribution in [0.4, 0.5) is 0 Å². The molecule has 1 atom stereocenters. The van der Waals surface area contributed by atoms with Gasteiger partial charge in [-0.3, -0.25) is 0 Å². The van der Waals surface area contributed by atoms with E-state index in [9.17, 15) is 0 Å². The van der Waals surface area contributed by atoms with Gasteiger partial charge in [0.1, 0.15) is 0 Å². The number of rotatable bonds is 7. The zero-order chi connectivity index (χ0) is 12.7. The summed E-state index contributed by atoms with van der Waals surface area (Å²) in [6, 6.07) is 11.2. The van der Waals surface area contributed by atoms with Crippen LogP contribution in [0.1, 0.15) is 33.3 Å². The third-order valence-electron chi connectivity index (χ3n) is 3.15. The fraction of sp³-hybridized carbons (Fsp3) is 0.600. The van der Waals surface area contributed by atoms with Crippen molar-refractivity contribution >= 4 is 0 Å². The summed E-state index contributed by atoms with van der Waals surface area (Å²) in [7, 11) is 0. The van der Waals surface area contributed by atoms with Gasteiger partial charge >= 0.3 is 0 Å². The molecule has 0 fully saturated rings. The van der Waals surface area contributed by atoms with Crippen LogP contribution in [0.15, 0.2) is 30.3 Å². The molecule has 2 N–H and O–H groups in total. The van der Waals surface area contributed by atoms with E-state index in [1.807, 2.05) is 0 Å². The molecule has 0 aromatic heterocycles. The molecule has 2 nitrogen and oxygen atoms in total. The van der Waals surface area contributed by atoms with Crippen molar-refractivity contribution in [3.05, 3.63) is 35.9 Å². The van der Waals surface area contributed by atoms with Crippen LogP contribution in [0.2, 0.25) is 0 Å². The predicted octanol–water partition coefficient (Wildman–Crippen LogP) is 2.55. The Labute approximate surface area is 106 Å². The highest BCUT2D eigenvalue weighted by molar-refractivity contribution is 5.23. The smallest absolute Gasteiger partial charge is 0.0164 e. The first-order valence-electron chi connectivity index (χ1n) is 6.56. The van der Waals surface area contributed by atoms with Crippen molar-refractivity contribution in [2.45, 2.75) is 39.2 Å². The van der Waals surface area contributed by atoms with Gasteiger partial charge in [-0.05, 0) is 19.0 Å². The average Bonchev–Trinajstić information content (AvgIpc) is 2.35. The second-order valence-electron chi connectivity index (χ2n) is 5.34. The van der Waals surface area contributed by atoms with E-state index < -0.39 is 0 Å². The van der Waals surface area contributed by atoms with Crippen LogP contribution in [-0.2, 0) is 5.41 Å². The second kappa shape index (κ2) is 6.77. The molecule has 0 saturated heterocycles. The third kappa shape index (κ3) is 4.88. The van der Waals surface area contributed by atoms with Crippen molar-refractivity contribution in [2.75, 3.05) is 19.6 Å². The Kier molecular flexibility index (Phi) is 5.66. The molecule has 0 amide bonds. The van der Waals surface area contributed by atoms with Crippen LogP contribution in [0, 0.1) is 0 Å². The fourth-order valence-corrected chi connectivity index (χ4v) is 1.85. The van der Waals surface area contributed by atoms with Crippen molar-refractivity contribution < 1.29 is 0 Å². The van der Waals surface area contributed by atoms with Gasteiger partial charge in [0, 0.05) is 24.5 Å². The predicted molar refractivity (Wildman–Crippen MR) is 75.5 cm³/mol. The summed E-state index contributed by atoms with van der Waals surface area (Å²) in [4.78, 5) is 0. The molecule has 96 valence electrons. The standard InChI is InChI=1S/C15H26N2/c1-5-16-11-13(2)17-12-15(3,4)14-9-7-6-8-10-14/h6-10,13,16-17H,5,11-12H2,1-4H3. The Hall–Kier alpha value is -0.860. The lowest BCUT2D eigenvalue weighted by Gasteiger charge is -2.28. The molecular formula is C15H26N2. The zero-order valence-electron chi connectivity index (χ0n) is 11.6. The number of hydrogen-bond donors (Lipinski definition) is 2. The summed E-state index contributed by atoms with van der Waals surface area (Å²) in [6.45, 7) is 12.0.